The molecule has 5 heteroatoms. The van der Waals surface area contributed by atoms with Crippen LogP contribution in [0.5, 0.6) is 0 Å². The Morgan fingerprint density at radius 3 is 2.61 bits per heavy atom. The van der Waals surface area contributed by atoms with Crippen LogP contribution >= 0.6 is 0 Å². The fourth-order valence-corrected chi connectivity index (χ4v) is 2.46. The molecule has 1 aromatic carbocycles. The minimum atomic E-state index is -0.507. The van der Waals surface area contributed by atoms with Crippen LogP contribution in [0.3, 0.4) is 0 Å². The van der Waals surface area contributed by atoms with Crippen molar-refractivity contribution in [1.29, 1.82) is 0 Å². The number of aryl methyl sites for hydroxylation is 1. The smallest absolute Gasteiger partial charge is 0.338 e. The number of benzene rings is 1. The molecule has 122 valence electrons. The van der Waals surface area contributed by atoms with Crippen LogP contribution in [0.4, 0.5) is 4.79 Å². The fourth-order valence-electron chi connectivity index (χ4n) is 2.46. The second kappa shape index (κ2) is 7.63. The van der Waals surface area contributed by atoms with Crippen molar-refractivity contribution in [2.75, 3.05) is 6.61 Å². The highest BCUT2D eigenvalue weighted by atomic mass is 16.5. The molecule has 0 radical (unpaired) electrons. The van der Waals surface area contributed by atoms with Crippen LogP contribution in [0.1, 0.15) is 37.9 Å². The third-order valence-electron chi connectivity index (χ3n) is 3.76. The first-order chi connectivity index (χ1) is 11.1. The van der Waals surface area contributed by atoms with Gasteiger partial charge in [0.25, 0.3) is 0 Å². The number of urea groups is 1. The Morgan fingerprint density at radius 1 is 1.30 bits per heavy atom. The number of allylic oxidation sites excluding steroid dienone is 2. The zero-order chi connectivity index (χ0) is 16.8. The molecule has 0 aromatic heterocycles. The van der Waals surface area contributed by atoms with Gasteiger partial charge in [0.1, 0.15) is 6.61 Å². The Balaban J connectivity index is 2.31. The third kappa shape index (κ3) is 4.00. The zero-order valence-corrected chi connectivity index (χ0v) is 13.7. The highest BCUT2D eigenvalue weighted by Gasteiger charge is 2.31. The molecule has 1 aliphatic rings. The van der Waals surface area contributed by atoms with Crippen LogP contribution in [-0.2, 0) is 16.0 Å². The molecule has 2 rings (SSSR count). The summed E-state index contributed by atoms with van der Waals surface area (Å²) in [5.74, 6) is -0.433. The average Bonchev–Trinajstić information content (AvgIpc) is 2.54. The molecule has 2 amide bonds. The molecule has 0 spiro atoms. The summed E-state index contributed by atoms with van der Waals surface area (Å²) in [6.45, 7) is 5.86. The van der Waals surface area contributed by atoms with Crippen LogP contribution in [0.2, 0.25) is 0 Å². The Bertz CT molecular complexity index is 645. The zero-order valence-electron chi connectivity index (χ0n) is 13.7. The van der Waals surface area contributed by atoms with E-state index in [4.69, 9.17) is 4.74 Å². The predicted molar refractivity (Wildman–Crippen MR) is 88.7 cm³/mol. The van der Waals surface area contributed by atoms with Gasteiger partial charge in [0.05, 0.1) is 11.6 Å². The van der Waals surface area contributed by atoms with Crippen LogP contribution < -0.4 is 10.6 Å². The van der Waals surface area contributed by atoms with Crippen molar-refractivity contribution < 1.29 is 14.3 Å². The van der Waals surface area contributed by atoms with Crippen LogP contribution in [0.15, 0.2) is 47.7 Å². The van der Waals surface area contributed by atoms with Gasteiger partial charge in [0.2, 0.25) is 0 Å². The number of hydrogen-bond donors (Lipinski definition) is 2. The standard InChI is InChI=1S/C18H22N2O3/c1-4-6-11-23-17(21)15-12(3)19-18(22)20-16(15)14-9-7-13(5-2)8-10-14/h4,6-10,16H,5,11H2,1-3H3,(H2,19,20,22)/b6-4+. The molecule has 1 aliphatic heterocycles. The number of hydrogen-bond acceptors (Lipinski definition) is 3. The molecule has 0 bridgehead atoms. The fraction of sp³-hybridized carbons (Fsp3) is 0.333. The number of ether oxygens (including phenoxy) is 1. The molecule has 0 fully saturated rings. The van der Waals surface area contributed by atoms with Crippen molar-refractivity contribution in [3.8, 4) is 0 Å². The molecule has 0 aliphatic carbocycles. The maximum absolute atomic E-state index is 12.4. The van der Waals surface area contributed by atoms with E-state index in [1.54, 1.807) is 13.0 Å². The Labute approximate surface area is 136 Å². The van der Waals surface area contributed by atoms with E-state index in [0.29, 0.717) is 11.3 Å². The molecule has 2 N–H and O–H groups in total. The van der Waals surface area contributed by atoms with Crippen molar-refractivity contribution in [3.05, 3.63) is 58.8 Å². The van der Waals surface area contributed by atoms with Crippen LogP contribution in [-0.4, -0.2) is 18.6 Å². The van der Waals surface area contributed by atoms with Crippen molar-refractivity contribution in [2.24, 2.45) is 0 Å². The summed E-state index contributed by atoms with van der Waals surface area (Å²) >= 11 is 0. The Morgan fingerprint density at radius 2 is 2.00 bits per heavy atom. The predicted octanol–water partition coefficient (Wildman–Crippen LogP) is 3.00. The lowest BCUT2D eigenvalue weighted by Crippen LogP contribution is -2.45. The number of nitrogens with one attached hydrogen (secondary N) is 2. The Kier molecular flexibility index (Phi) is 5.57. The number of carbonyl (C=O) groups is 2. The lowest BCUT2D eigenvalue weighted by molar-refractivity contribution is -0.138. The molecule has 23 heavy (non-hydrogen) atoms. The number of amides is 2. The first-order valence-electron chi connectivity index (χ1n) is 7.72. The highest BCUT2D eigenvalue weighted by Crippen LogP contribution is 2.27. The van der Waals surface area contributed by atoms with E-state index in [2.05, 4.69) is 17.6 Å². The molecule has 1 heterocycles. The SMILES string of the molecule is C/C=C/COC(=O)C1=C(C)NC(=O)NC1c1ccc(CC)cc1. The van der Waals surface area contributed by atoms with Gasteiger partial charge in [0, 0.05) is 5.70 Å². The second-order valence-electron chi connectivity index (χ2n) is 5.33. The van der Waals surface area contributed by atoms with Crippen molar-refractivity contribution in [2.45, 2.75) is 33.2 Å². The van der Waals surface area contributed by atoms with Gasteiger partial charge in [-0.05, 0) is 31.4 Å². The summed E-state index contributed by atoms with van der Waals surface area (Å²) in [4.78, 5) is 24.2. The maximum Gasteiger partial charge on any atom is 0.338 e. The summed E-state index contributed by atoms with van der Waals surface area (Å²) in [5, 5.41) is 5.43. The first kappa shape index (κ1) is 16.8. The topological polar surface area (TPSA) is 67.4 Å². The van der Waals surface area contributed by atoms with Gasteiger partial charge in [-0.3, -0.25) is 0 Å². The number of carbonyl (C=O) groups excluding carboxylic acids is 2. The summed E-state index contributed by atoms with van der Waals surface area (Å²) in [6, 6.07) is 7.04. The number of esters is 1. The lowest BCUT2D eigenvalue weighted by atomic mass is 9.94. The Hall–Kier alpha value is -2.56. The molecule has 1 aromatic rings. The molecule has 1 atom stereocenters. The third-order valence-corrected chi connectivity index (χ3v) is 3.76. The molecule has 0 saturated heterocycles. The lowest BCUT2D eigenvalue weighted by Gasteiger charge is -2.28. The summed E-state index contributed by atoms with van der Waals surface area (Å²) < 4.78 is 5.25. The summed E-state index contributed by atoms with van der Waals surface area (Å²) in [6.07, 6.45) is 4.51. The van der Waals surface area contributed by atoms with Gasteiger partial charge in [-0.25, -0.2) is 9.59 Å². The minimum Gasteiger partial charge on any atom is -0.458 e. The van der Waals surface area contributed by atoms with Crippen molar-refractivity contribution >= 4 is 12.0 Å². The van der Waals surface area contributed by atoms with Gasteiger partial charge >= 0.3 is 12.0 Å². The van der Waals surface area contributed by atoms with Crippen molar-refractivity contribution in [1.82, 2.24) is 10.6 Å². The molecule has 5 nitrogen and oxygen atoms in total. The van der Waals surface area contributed by atoms with E-state index in [0.717, 1.165) is 12.0 Å². The summed E-state index contributed by atoms with van der Waals surface area (Å²) in [5.41, 5.74) is 3.00. The van der Waals surface area contributed by atoms with Gasteiger partial charge in [0.15, 0.2) is 0 Å². The molecular formula is C18H22N2O3. The quantitative estimate of drug-likeness (QED) is 0.648. The van der Waals surface area contributed by atoms with E-state index in [1.807, 2.05) is 37.3 Å². The monoisotopic (exact) mass is 314 g/mol. The number of rotatable bonds is 5. The van der Waals surface area contributed by atoms with Crippen LogP contribution in [0.25, 0.3) is 0 Å². The average molecular weight is 314 g/mol. The van der Waals surface area contributed by atoms with Crippen molar-refractivity contribution in [3.63, 3.8) is 0 Å². The normalized spacial score (nSPS) is 17.9. The van der Waals surface area contributed by atoms with Gasteiger partial charge in [-0.2, -0.15) is 0 Å². The second-order valence-corrected chi connectivity index (χ2v) is 5.33. The van der Waals surface area contributed by atoms with Gasteiger partial charge < -0.3 is 15.4 Å². The van der Waals surface area contributed by atoms with Gasteiger partial charge in [-0.1, -0.05) is 43.3 Å². The van der Waals surface area contributed by atoms with Crippen LogP contribution in [0, 0.1) is 0 Å². The highest BCUT2D eigenvalue weighted by molar-refractivity contribution is 5.95. The molecule has 0 saturated carbocycles. The minimum absolute atomic E-state index is 0.210. The maximum atomic E-state index is 12.4. The largest absolute Gasteiger partial charge is 0.458 e. The molecular weight excluding hydrogens is 292 g/mol. The van der Waals surface area contributed by atoms with E-state index >= 15 is 0 Å². The van der Waals surface area contributed by atoms with Gasteiger partial charge in [-0.15, -0.1) is 0 Å². The van der Waals surface area contributed by atoms with E-state index in [1.165, 1.54) is 5.56 Å². The van der Waals surface area contributed by atoms with E-state index in [-0.39, 0.29) is 12.6 Å². The van der Waals surface area contributed by atoms with E-state index in [9.17, 15) is 9.59 Å². The van der Waals surface area contributed by atoms with E-state index < -0.39 is 12.0 Å². The summed E-state index contributed by atoms with van der Waals surface area (Å²) in [7, 11) is 0. The first-order valence-corrected chi connectivity index (χ1v) is 7.72. The molecule has 1 unspecified atom stereocenters.